The zero-order valence-corrected chi connectivity index (χ0v) is 15.8. The lowest BCUT2D eigenvalue weighted by molar-refractivity contribution is 0.0170. The number of amides is 1. The molecule has 2 rings (SSSR count). The molecule has 1 atom stereocenters. The molecule has 1 aromatic rings. The molecule has 5 heteroatoms. The SMILES string of the molecule is CO[C@H](CCC1CCN(C(=O)OC(C)(C)C)CC1)c1ccc(F)cc1. The van der Waals surface area contributed by atoms with E-state index in [9.17, 15) is 9.18 Å². The van der Waals surface area contributed by atoms with E-state index in [1.807, 2.05) is 20.8 Å². The number of carbonyl (C=O) groups is 1. The molecular weight excluding hydrogens is 321 g/mol. The van der Waals surface area contributed by atoms with Gasteiger partial charge < -0.3 is 14.4 Å². The third kappa shape index (κ3) is 6.31. The zero-order chi connectivity index (χ0) is 18.4. The smallest absolute Gasteiger partial charge is 0.410 e. The van der Waals surface area contributed by atoms with Crippen LogP contribution in [0, 0.1) is 11.7 Å². The van der Waals surface area contributed by atoms with Crippen LogP contribution in [0.3, 0.4) is 0 Å². The van der Waals surface area contributed by atoms with Gasteiger partial charge in [-0.15, -0.1) is 0 Å². The van der Waals surface area contributed by atoms with Crippen molar-refractivity contribution in [3.63, 3.8) is 0 Å². The van der Waals surface area contributed by atoms with Crippen LogP contribution < -0.4 is 0 Å². The van der Waals surface area contributed by atoms with Gasteiger partial charge in [-0.2, -0.15) is 0 Å². The average molecular weight is 351 g/mol. The van der Waals surface area contributed by atoms with E-state index in [1.54, 1.807) is 24.1 Å². The number of hydrogen-bond donors (Lipinski definition) is 0. The highest BCUT2D eigenvalue weighted by atomic mass is 19.1. The second-order valence-electron chi connectivity index (χ2n) is 7.76. The Morgan fingerprint density at radius 3 is 2.36 bits per heavy atom. The number of hydrogen-bond acceptors (Lipinski definition) is 3. The molecule has 1 aromatic carbocycles. The number of benzene rings is 1. The van der Waals surface area contributed by atoms with Gasteiger partial charge in [0.1, 0.15) is 11.4 Å². The molecule has 1 saturated heterocycles. The normalized spacial score (nSPS) is 17.4. The standard InChI is InChI=1S/C20H30FNO3/c1-20(2,3)25-19(23)22-13-11-15(12-14-22)5-10-18(24-4)16-6-8-17(21)9-7-16/h6-9,15,18H,5,10-14H2,1-4H3/t18-/m1/s1. The molecule has 0 aromatic heterocycles. The molecule has 0 aliphatic carbocycles. The number of piperidine rings is 1. The Morgan fingerprint density at radius 2 is 1.84 bits per heavy atom. The van der Waals surface area contributed by atoms with E-state index in [2.05, 4.69) is 0 Å². The van der Waals surface area contributed by atoms with Crippen molar-refractivity contribution in [2.24, 2.45) is 5.92 Å². The minimum Gasteiger partial charge on any atom is -0.444 e. The number of ether oxygens (including phenoxy) is 2. The minimum atomic E-state index is -0.450. The third-order valence-electron chi connectivity index (χ3n) is 4.63. The van der Waals surface area contributed by atoms with Crippen molar-refractivity contribution in [1.82, 2.24) is 4.90 Å². The number of methoxy groups -OCH3 is 1. The van der Waals surface area contributed by atoms with Gasteiger partial charge in [0.25, 0.3) is 0 Å². The van der Waals surface area contributed by atoms with E-state index in [4.69, 9.17) is 9.47 Å². The molecule has 25 heavy (non-hydrogen) atoms. The predicted octanol–water partition coefficient (Wildman–Crippen LogP) is 4.94. The van der Waals surface area contributed by atoms with Gasteiger partial charge >= 0.3 is 6.09 Å². The summed E-state index contributed by atoms with van der Waals surface area (Å²) in [6.07, 6.45) is 3.69. The van der Waals surface area contributed by atoms with Crippen molar-refractivity contribution in [2.45, 2.75) is 58.2 Å². The molecule has 140 valence electrons. The number of halogens is 1. The van der Waals surface area contributed by atoms with Gasteiger partial charge in [-0.05, 0) is 70.1 Å². The summed E-state index contributed by atoms with van der Waals surface area (Å²) in [4.78, 5) is 13.9. The summed E-state index contributed by atoms with van der Waals surface area (Å²) in [6, 6.07) is 6.52. The molecule has 4 nitrogen and oxygen atoms in total. The topological polar surface area (TPSA) is 38.8 Å². The van der Waals surface area contributed by atoms with E-state index in [0.717, 1.165) is 44.3 Å². The van der Waals surface area contributed by atoms with Crippen molar-refractivity contribution in [2.75, 3.05) is 20.2 Å². The first-order valence-corrected chi connectivity index (χ1v) is 9.04. The van der Waals surface area contributed by atoms with E-state index < -0.39 is 5.60 Å². The summed E-state index contributed by atoms with van der Waals surface area (Å²) in [5.74, 6) is 0.352. The summed E-state index contributed by atoms with van der Waals surface area (Å²) in [7, 11) is 1.69. The number of carbonyl (C=O) groups excluding carboxylic acids is 1. The maximum absolute atomic E-state index is 13.1. The fourth-order valence-corrected chi connectivity index (χ4v) is 3.22. The van der Waals surface area contributed by atoms with E-state index in [-0.39, 0.29) is 18.0 Å². The highest BCUT2D eigenvalue weighted by Gasteiger charge is 2.27. The van der Waals surface area contributed by atoms with Crippen molar-refractivity contribution in [1.29, 1.82) is 0 Å². The molecule has 0 radical (unpaired) electrons. The molecule has 1 fully saturated rings. The first kappa shape index (κ1) is 19.7. The Labute approximate surface area is 150 Å². The highest BCUT2D eigenvalue weighted by Crippen LogP contribution is 2.29. The maximum Gasteiger partial charge on any atom is 0.410 e. The van der Waals surface area contributed by atoms with Gasteiger partial charge in [-0.1, -0.05) is 12.1 Å². The fourth-order valence-electron chi connectivity index (χ4n) is 3.22. The molecular formula is C20H30FNO3. The van der Waals surface area contributed by atoms with Gasteiger partial charge in [0.15, 0.2) is 0 Å². The Kier molecular flexibility index (Phi) is 6.82. The lowest BCUT2D eigenvalue weighted by Crippen LogP contribution is -2.41. The van der Waals surface area contributed by atoms with Crippen LogP contribution in [0.2, 0.25) is 0 Å². The predicted molar refractivity (Wildman–Crippen MR) is 95.9 cm³/mol. The summed E-state index contributed by atoms with van der Waals surface area (Å²) in [6.45, 7) is 7.15. The largest absolute Gasteiger partial charge is 0.444 e. The quantitative estimate of drug-likeness (QED) is 0.754. The van der Waals surface area contributed by atoms with E-state index >= 15 is 0 Å². The molecule has 0 saturated carbocycles. The minimum absolute atomic E-state index is 0.00974. The summed E-state index contributed by atoms with van der Waals surface area (Å²) in [5.41, 5.74) is 0.560. The van der Waals surface area contributed by atoms with Crippen molar-refractivity contribution in [3.8, 4) is 0 Å². The molecule has 1 amide bonds. The first-order valence-electron chi connectivity index (χ1n) is 9.04. The van der Waals surface area contributed by atoms with Gasteiger partial charge in [-0.3, -0.25) is 0 Å². The Bertz CT molecular complexity index is 545. The van der Waals surface area contributed by atoms with Crippen LogP contribution in [0.4, 0.5) is 9.18 Å². The second kappa shape index (κ2) is 8.65. The van der Waals surface area contributed by atoms with Crippen molar-refractivity contribution >= 4 is 6.09 Å². The van der Waals surface area contributed by atoms with Crippen LogP contribution in [0.5, 0.6) is 0 Å². The molecule has 1 aliphatic heterocycles. The average Bonchev–Trinajstić information content (AvgIpc) is 2.56. The molecule has 0 bridgehead atoms. The summed E-state index contributed by atoms with van der Waals surface area (Å²) < 4.78 is 24.1. The van der Waals surface area contributed by atoms with Crippen LogP contribution in [-0.2, 0) is 9.47 Å². The number of rotatable bonds is 5. The number of likely N-dealkylation sites (tertiary alicyclic amines) is 1. The summed E-state index contributed by atoms with van der Waals surface area (Å²) >= 11 is 0. The summed E-state index contributed by atoms with van der Waals surface area (Å²) in [5, 5.41) is 0. The number of nitrogens with zero attached hydrogens (tertiary/aromatic N) is 1. The second-order valence-corrected chi connectivity index (χ2v) is 7.76. The Morgan fingerprint density at radius 1 is 1.24 bits per heavy atom. The van der Waals surface area contributed by atoms with Crippen LogP contribution in [0.1, 0.15) is 58.1 Å². The molecule has 0 N–H and O–H groups in total. The van der Waals surface area contributed by atoms with Crippen LogP contribution in [-0.4, -0.2) is 36.8 Å². The van der Waals surface area contributed by atoms with Gasteiger partial charge in [0, 0.05) is 20.2 Å². The molecule has 1 heterocycles. The van der Waals surface area contributed by atoms with Gasteiger partial charge in [0.05, 0.1) is 6.10 Å². The van der Waals surface area contributed by atoms with Crippen molar-refractivity contribution in [3.05, 3.63) is 35.6 Å². The van der Waals surface area contributed by atoms with Crippen LogP contribution in [0.25, 0.3) is 0 Å². The molecule has 0 unspecified atom stereocenters. The van der Waals surface area contributed by atoms with Gasteiger partial charge in [0.2, 0.25) is 0 Å². The molecule has 0 spiro atoms. The van der Waals surface area contributed by atoms with Crippen LogP contribution >= 0.6 is 0 Å². The lowest BCUT2D eigenvalue weighted by atomic mass is 9.90. The monoisotopic (exact) mass is 351 g/mol. The molecule has 1 aliphatic rings. The van der Waals surface area contributed by atoms with Crippen LogP contribution in [0.15, 0.2) is 24.3 Å². The zero-order valence-electron chi connectivity index (χ0n) is 15.8. The fraction of sp³-hybridized carbons (Fsp3) is 0.650. The Balaban J connectivity index is 1.77. The first-order chi connectivity index (χ1) is 11.8. The third-order valence-corrected chi connectivity index (χ3v) is 4.63. The van der Waals surface area contributed by atoms with Gasteiger partial charge in [-0.25, -0.2) is 9.18 Å². The van der Waals surface area contributed by atoms with E-state index in [1.165, 1.54) is 12.1 Å². The van der Waals surface area contributed by atoms with Crippen molar-refractivity contribution < 1.29 is 18.7 Å². The van der Waals surface area contributed by atoms with E-state index in [0.29, 0.717) is 5.92 Å². The highest BCUT2D eigenvalue weighted by molar-refractivity contribution is 5.68. The maximum atomic E-state index is 13.1. The lowest BCUT2D eigenvalue weighted by Gasteiger charge is -2.33. The Hall–Kier alpha value is -1.62.